The molecule has 2 aromatic carbocycles. The summed E-state index contributed by atoms with van der Waals surface area (Å²) in [7, 11) is 0. The normalized spacial score (nSPS) is 11.3. The molecule has 0 saturated heterocycles. The molecule has 0 saturated carbocycles. The van der Waals surface area contributed by atoms with E-state index in [0.29, 0.717) is 11.6 Å². The zero-order valence-corrected chi connectivity index (χ0v) is 26.1. The van der Waals surface area contributed by atoms with Crippen molar-refractivity contribution >= 4 is 27.3 Å². The van der Waals surface area contributed by atoms with Gasteiger partial charge in [-0.1, -0.05) is 69.8 Å². The molecule has 2 heterocycles. The van der Waals surface area contributed by atoms with Crippen molar-refractivity contribution in [3.8, 4) is 11.6 Å². The minimum Gasteiger partial charge on any atom is -0.512 e. The number of aliphatic hydroxyl groups is 1. The van der Waals surface area contributed by atoms with Crippen molar-refractivity contribution in [1.82, 2.24) is 9.97 Å². The average Bonchev–Trinajstić information content (AvgIpc) is 2.90. The molecule has 5 nitrogen and oxygen atoms in total. The van der Waals surface area contributed by atoms with Gasteiger partial charge >= 0.3 is 0 Å². The molecule has 0 aliphatic heterocycles. The van der Waals surface area contributed by atoms with Crippen molar-refractivity contribution in [2.45, 2.75) is 67.2 Å². The molecule has 0 bridgehead atoms. The maximum Gasteiger partial charge on any atom is 0.216 e. The zero-order chi connectivity index (χ0) is 27.7. The Morgan fingerprint density at radius 2 is 1.56 bits per heavy atom. The van der Waals surface area contributed by atoms with Gasteiger partial charge in [0.15, 0.2) is 5.78 Å². The first-order valence-electron chi connectivity index (χ1n) is 13.6. The Morgan fingerprint density at radius 3 is 2.21 bits per heavy atom. The Kier molecular flexibility index (Phi) is 12.8. The number of aryl methyl sites for hydroxylation is 2. The number of carbonyl (C=O) groups is 1. The van der Waals surface area contributed by atoms with E-state index in [0.717, 1.165) is 47.8 Å². The van der Waals surface area contributed by atoms with Crippen LogP contribution < -0.4 is 4.74 Å². The summed E-state index contributed by atoms with van der Waals surface area (Å²) in [5.74, 6) is 1.75. The number of ether oxygens (including phenoxy) is 1. The minimum absolute atomic E-state index is 0. The van der Waals surface area contributed by atoms with Gasteiger partial charge < -0.3 is 9.84 Å². The maximum absolute atomic E-state index is 11.7. The quantitative estimate of drug-likeness (QED) is 0.0817. The number of carbonyl (C=O) groups excluding carboxylic acids is 1. The minimum atomic E-state index is 0. The van der Waals surface area contributed by atoms with E-state index in [9.17, 15) is 9.90 Å². The SMILES string of the molecule is CCC(CC)C(=O)/C=C(\O)C(CC)CC.Cc1[c-]c(Oc2cc3c(ccc4ccccc43)cn2)cc(C)n1.[Ir]. The van der Waals surface area contributed by atoms with Gasteiger partial charge in [0.05, 0.1) is 5.76 Å². The number of aromatic nitrogens is 2. The van der Waals surface area contributed by atoms with Crippen LogP contribution in [-0.2, 0) is 24.9 Å². The van der Waals surface area contributed by atoms with Crippen molar-refractivity contribution in [1.29, 1.82) is 0 Å². The van der Waals surface area contributed by atoms with Gasteiger partial charge in [-0.15, -0.1) is 6.07 Å². The first kappa shape index (κ1) is 32.1. The average molecular weight is 704 g/mol. The predicted molar refractivity (Wildman–Crippen MR) is 156 cm³/mol. The monoisotopic (exact) mass is 704 g/mol. The van der Waals surface area contributed by atoms with E-state index in [-0.39, 0.29) is 43.5 Å². The van der Waals surface area contributed by atoms with Crippen LogP contribution in [0.2, 0.25) is 0 Å². The second-order valence-corrected chi connectivity index (χ2v) is 9.60. The molecule has 4 rings (SSSR count). The van der Waals surface area contributed by atoms with E-state index in [1.807, 2.05) is 72.0 Å². The molecule has 39 heavy (non-hydrogen) atoms. The predicted octanol–water partition coefficient (Wildman–Crippen LogP) is 8.86. The van der Waals surface area contributed by atoms with E-state index in [4.69, 9.17) is 4.74 Å². The van der Waals surface area contributed by atoms with Crippen molar-refractivity contribution < 1.29 is 34.7 Å². The number of ketones is 1. The Balaban J connectivity index is 0.000000294. The molecule has 6 heteroatoms. The smallest absolute Gasteiger partial charge is 0.216 e. The van der Waals surface area contributed by atoms with Crippen LogP contribution in [0, 0.1) is 31.7 Å². The summed E-state index contributed by atoms with van der Waals surface area (Å²) in [5.41, 5.74) is 1.72. The summed E-state index contributed by atoms with van der Waals surface area (Å²) in [6.07, 6.45) is 6.75. The molecule has 0 aliphatic carbocycles. The number of hydrogen-bond donors (Lipinski definition) is 1. The van der Waals surface area contributed by atoms with Gasteiger partial charge in [-0.3, -0.25) is 9.78 Å². The fourth-order valence-electron chi connectivity index (χ4n) is 4.61. The summed E-state index contributed by atoms with van der Waals surface area (Å²) >= 11 is 0. The Hall–Kier alpha value is -3.08. The van der Waals surface area contributed by atoms with Crippen LogP contribution in [-0.4, -0.2) is 20.9 Å². The third kappa shape index (κ3) is 8.71. The second kappa shape index (κ2) is 15.5. The standard InChI is InChI=1S/C20H15N2O.C13H24O2.Ir/c1-13-9-17(10-14(2)22-13)23-20-11-19-16(12-21-20)8-7-15-5-3-4-6-18(15)19;1-5-10(6-2)12(14)9-13(15)11(7-3)8-4;/h3-9,11-12H,1-2H3;9-11,14H,5-8H2,1-4H3;/q-1;;/b;12-9-;. The molecule has 0 aliphatic rings. The number of fused-ring (bicyclic) bond motifs is 3. The van der Waals surface area contributed by atoms with Gasteiger partial charge in [-0.25, -0.2) is 4.98 Å². The molecule has 0 unspecified atom stereocenters. The van der Waals surface area contributed by atoms with Crippen LogP contribution in [0.5, 0.6) is 11.6 Å². The summed E-state index contributed by atoms with van der Waals surface area (Å²) in [6.45, 7) is 11.9. The van der Waals surface area contributed by atoms with Crippen LogP contribution in [0.3, 0.4) is 0 Å². The van der Waals surface area contributed by atoms with Crippen LogP contribution >= 0.6 is 0 Å². The summed E-state index contributed by atoms with van der Waals surface area (Å²) < 4.78 is 5.89. The molecule has 0 atom stereocenters. The number of aliphatic hydroxyl groups excluding tert-OH is 1. The molecule has 1 radical (unpaired) electrons. The summed E-state index contributed by atoms with van der Waals surface area (Å²) in [6, 6.07) is 19.5. The van der Waals surface area contributed by atoms with Crippen molar-refractivity contribution in [2.24, 2.45) is 11.8 Å². The summed E-state index contributed by atoms with van der Waals surface area (Å²) in [5, 5.41) is 14.4. The molecular formula is C33H39IrN2O3-. The fraction of sp³-hybridized carbons (Fsp3) is 0.364. The fourth-order valence-corrected chi connectivity index (χ4v) is 4.61. The summed E-state index contributed by atoms with van der Waals surface area (Å²) in [4.78, 5) is 20.4. The molecule has 4 aromatic rings. The third-order valence-electron chi connectivity index (χ3n) is 6.89. The van der Waals surface area contributed by atoms with E-state index in [1.54, 1.807) is 0 Å². The number of allylic oxidation sites excluding steroid dienone is 2. The van der Waals surface area contributed by atoms with Crippen molar-refractivity contribution in [2.75, 3.05) is 0 Å². The maximum atomic E-state index is 11.7. The molecule has 0 fully saturated rings. The van der Waals surface area contributed by atoms with E-state index in [2.05, 4.69) is 40.3 Å². The molecule has 209 valence electrons. The number of nitrogens with zero attached hydrogens (tertiary/aromatic N) is 2. The first-order chi connectivity index (χ1) is 18.3. The van der Waals surface area contributed by atoms with Gasteiger partial charge in [0.2, 0.25) is 5.88 Å². The topological polar surface area (TPSA) is 72.3 Å². The Labute approximate surface area is 246 Å². The van der Waals surface area contributed by atoms with E-state index in [1.165, 1.54) is 16.8 Å². The van der Waals surface area contributed by atoms with Crippen LogP contribution in [0.4, 0.5) is 0 Å². The molecule has 2 aromatic heterocycles. The molecule has 0 amide bonds. The van der Waals surface area contributed by atoms with Crippen LogP contribution in [0.25, 0.3) is 21.5 Å². The van der Waals surface area contributed by atoms with Gasteiger partial charge in [-0.05, 0) is 67.1 Å². The number of rotatable bonds is 9. The van der Waals surface area contributed by atoms with E-state index < -0.39 is 0 Å². The molecular weight excluding hydrogens is 665 g/mol. The zero-order valence-electron chi connectivity index (χ0n) is 23.7. The third-order valence-corrected chi connectivity index (χ3v) is 6.89. The van der Waals surface area contributed by atoms with Gasteiger partial charge in [0.25, 0.3) is 0 Å². The van der Waals surface area contributed by atoms with Crippen molar-refractivity contribution in [3.05, 3.63) is 84.0 Å². The van der Waals surface area contributed by atoms with Gasteiger partial charge in [0.1, 0.15) is 0 Å². The van der Waals surface area contributed by atoms with Gasteiger partial charge in [-0.2, -0.15) is 6.07 Å². The van der Waals surface area contributed by atoms with Gasteiger partial charge in [0, 0.05) is 55.7 Å². The molecule has 1 N–H and O–H groups in total. The molecule has 0 spiro atoms. The van der Waals surface area contributed by atoms with E-state index >= 15 is 0 Å². The van der Waals surface area contributed by atoms with Crippen LogP contribution in [0.1, 0.15) is 64.8 Å². The second-order valence-electron chi connectivity index (χ2n) is 9.60. The number of benzene rings is 2. The first-order valence-corrected chi connectivity index (χ1v) is 13.6. The van der Waals surface area contributed by atoms with Crippen molar-refractivity contribution in [3.63, 3.8) is 0 Å². The Morgan fingerprint density at radius 1 is 0.923 bits per heavy atom. The number of hydrogen-bond acceptors (Lipinski definition) is 5. The Bertz CT molecular complexity index is 1390. The number of pyridine rings is 2. The van der Waals surface area contributed by atoms with Crippen LogP contribution in [0.15, 0.2) is 66.6 Å². The largest absolute Gasteiger partial charge is 0.512 e.